The molecule has 0 radical (unpaired) electrons. The number of halogens is 1. The van der Waals surface area contributed by atoms with Crippen LogP contribution in [0, 0.1) is 10.1 Å². The zero-order valence-corrected chi connectivity index (χ0v) is 11.2. The van der Waals surface area contributed by atoms with E-state index in [1.807, 2.05) is 13.2 Å². The molecule has 0 unspecified atom stereocenters. The normalized spacial score (nSPS) is 10.3. The Bertz CT molecular complexity index is 582. The van der Waals surface area contributed by atoms with E-state index in [-0.39, 0.29) is 5.69 Å². The van der Waals surface area contributed by atoms with Crippen molar-refractivity contribution in [2.75, 3.05) is 5.32 Å². The van der Waals surface area contributed by atoms with Crippen LogP contribution < -0.4 is 5.32 Å². The number of benzene rings is 1. The SMILES string of the molecule is Cn1cc(NCc2ccc([N+](=O)[O-])cc2Br)cn1. The molecule has 1 aromatic heterocycles. The van der Waals surface area contributed by atoms with Crippen molar-refractivity contribution in [2.24, 2.45) is 7.05 Å². The Morgan fingerprint density at radius 1 is 1.56 bits per heavy atom. The molecule has 0 amide bonds. The van der Waals surface area contributed by atoms with Crippen molar-refractivity contribution in [3.05, 3.63) is 50.7 Å². The van der Waals surface area contributed by atoms with Crippen LogP contribution in [-0.4, -0.2) is 14.7 Å². The van der Waals surface area contributed by atoms with Gasteiger partial charge in [0.05, 0.1) is 16.8 Å². The Hall–Kier alpha value is -1.89. The van der Waals surface area contributed by atoms with E-state index in [1.165, 1.54) is 12.1 Å². The van der Waals surface area contributed by atoms with E-state index in [1.54, 1.807) is 16.9 Å². The lowest BCUT2D eigenvalue weighted by atomic mass is 10.2. The average molecular weight is 311 g/mol. The van der Waals surface area contributed by atoms with Gasteiger partial charge in [0.2, 0.25) is 0 Å². The number of hydrogen-bond acceptors (Lipinski definition) is 4. The van der Waals surface area contributed by atoms with Crippen molar-refractivity contribution in [3.8, 4) is 0 Å². The molecule has 1 heterocycles. The highest BCUT2D eigenvalue weighted by Crippen LogP contribution is 2.23. The smallest absolute Gasteiger partial charge is 0.270 e. The predicted molar refractivity (Wildman–Crippen MR) is 71.3 cm³/mol. The first-order valence-corrected chi connectivity index (χ1v) is 6.01. The number of nitro benzene ring substituents is 1. The summed E-state index contributed by atoms with van der Waals surface area (Å²) in [6.07, 6.45) is 3.58. The molecule has 0 saturated heterocycles. The van der Waals surface area contributed by atoms with E-state index < -0.39 is 4.92 Å². The van der Waals surface area contributed by atoms with Crippen molar-refractivity contribution in [1.29, 1.82) is 0 Å². The average Bonchev–Trinajstić information content (AvgIpc) is 2.73. The fraction of sp³-hybridized carbons (Fsp3) is 0.182. The molecule has 0 bridgehead atoms. The fourth-order valence-corrected chi connectivity index (χ4v) is 2.01. The summed E-state index contributed by atoms with van der Waals surface area (Å²) in [5.41, 5.74) is 1.93. The highest BCUT2D eigenvalue weighted by atomic mass is 79.9. The van der Waals surface area contributed by atoms with E-state index in [0.29, 0.717) is 11.0 Å². The van der Waals surface area contributed by atoms with Crippen molar-refractivity contribution in [1.82, 2.24) is 9.78 Å². The van der Waals surface area contributed by atoms with Gasteiger partial charge in [-0.1, -0.05) is 15.9 Å². The molecule has 0 aliphatic carbocycles. The summed E-state index contributed by atoms with van der Waals surface area (Å²) in [6.45, 7) is 0.574. The standard InChI is InChI=1S/C11H11BrN4O2/c1-15-7-9(6-14-15)13-5-8-2-3-10(16(17)18)4-11(8)12/h2-4,6-7,13H,5H2,1H3. The van der Waals surface area contributed by atoms with E-state index >= 15 is 0 Å². The Labute approximate surface area is 112 Å². The maximum Gasteiger partial charge on any atom is 0.270 e. The Kier molecular flexibility index (Phi) is 3.61. The van der Waals surface area contributed by atoms with Gasteiger partial charge in [-0.05, 0) is 11.6 Å². The zero-order valence-electron chi connectivity index (χ0n) is 9.63. The third-order valence-electron chi connectivity index (χ3n) is 2.44. The van der Waals surface area contributed by atoms with Gasteiger partial charge in [0.1, 0.15) is 0 Å². The molecule has 0 aliphatic rings. The summed E-state index contributed by atoms with van der Waals surface area (Å²) in [5.74, 6) is 0. The molecule has 1 aromatic carbocycles. The van der Waals surface area contributed by atoms with E-state index in [9.17, 15) is 10.1 Å². The quantitative estimate of drug-likeness (QED) is 0.696. The summed E-state index contributed by atoms with van der Waals surface area (Å²) >= 11 is 3.33. The molecule has 6 nitrogen and oxygen atoms in total. The number of nitrogens with zero attached hydrogens (tertiary/aromatic N) is 3. The highest BCUT2D eigenvalue weighted by molar-refractivity contribution is 9.10. The van der Waals surface area contributed by atoms with Gasteiger partial charge in [0.25, 0.3) is 5.69 Å². The molecule has 0 aliphatic heterocycles. The van der Waals surface area contributed by atoms with Crippen LogP contribution in [0.25, 0.3) is 0 Å². The van der Waals surface area contributed by atoms with Crippen molar-refractivity contribution in [2.45, 2.75) is 6.54 Å². The summed E-state index contributed by atoms with van der Waals surface area (Å²) < 4.78 is 2.42. The molecule has 1 N–H and O–H groups in total. The largest absolute Gasteiger partial charge is 0.378 e. The van der Waals surface area contributed by atoms with Gasteiger partial charge >= 0.3 is 0 Å². The lowest BCUT2D eigenvalue weighted by molar-refractivity contribution is -0.384. The van der Waals surface area contributed by atoms with Crippen LogP contribution in [0.5, 0.6) is 0 Å². The number of aromatic nitrogens is 2. The first kappa shape index (κ1) is 12.6. The number of hydrogen-bond donors (Lipinski definition) is 1. The van der Waals surface area contributed by atoms with Gasteiger partial charge in [-0.15, -0.1) is 0 Å². The van der Waals surface area contributed by atoms with Gasteiger partial charge in [0.15, 0.2) is 0 Å². The van der Waals surface area contributed by atoms with Crippen molar-refractivity contribution >= 4 is 27.3 Å². The van der Waals surface area contributed by atoms with Gasteiger partial charge in [-0.2, -0.15) is 5.10 Å². The second-order valence-electron chi connectivity index (χ2n) is 3.79. The monoisotopic (exact) mass is 310 g/mol. The molecule has 0 fully saturated rings. The topological polar surface area (TPSA) is 73.0 Å². The zero-order chi connectivity index (χ0) is 13.1. The van der Waals surface area contributed by atoms with E-state index in [2.05, 4.69) is 26.3 Å². The lowest BCUT2D eigenvalue weighted by Gasteiger charge is -2.05. The molecule has 18 heavy (non-hydrogen) atoms. The minimum absolute atomic E-state index is 0.0759. The fourth-order valence-electron chi connectivity index (χ4n) is 1.50. The maximum absolute atomic E-state index is 10.6. The van der Waals surface area contributed by atoms with Gasteiger partial charge in [-0.3, -0.25) is 14.8 Å². The lowest BCUT2D eigenvalue weighted by Crippen LogP contribution is -2.00. The Morgan fingerprint density at radius 3 is 2.89 bits per heavy atom. The predicted octanol–water partition coefficient (Wildman–Crippen LogP) is 2.70. The van der Waals surface area contributed by atoms with Crippen LogP contribution in [-0.2, 0) is 13.6 Å². The summed E-state index contributed by atoms with van der Waals surface area (Å²) in [6, 6.07) is 4.72. The first-order chi connectivity index (χ1) is 8.56. The Balaban J connectivity index is 2.08. The third-order valence-corrected chi connectivity index (χ3v) is 3.17. The summed E-state index contributed by atoms with van der Waals surface area (Å²) in [5, 5.41) is 17.8. The molecular weight excluding hydrogens is 300 g/mol. The van der Waals surface area contributed by atoms with Gasteiger partial charge in [-0.25, -0.2) is 0 Å². The molecule has 94 valence electrons. The number of non-ortho nitro benzene ring substituents is 1. The maximum atomic E-state index is 10.6. The number of rotatable bonds is 4. The number of aryl methyl sites for hydroxylation is 1. The van der Waals surface area contributed by atoms with Crippen molar-refractivity contribution in [3.63, 3.8) is 0 Å². The minimum atomic E-state index is -0.414. The highest BCUT2D eigenvalue weighted by Gasteiger charge is 2.08. The van der Waals surface area contributed by atoms with Crippen LogP contribution in [0.15, 0.2) is 35.1 Å². The minimum Gasteiger partial charge on any atom is -0.378 e. The molecule has 7 heteroatoms. The molecule has 0 atom stereocenters. The molecule has 2 aromatic rings. The van der Waals surface area contributed by atoms with Crippen LogP contribution in [0.2, 0.25) is 0 Å². The third kappa shape index (κ3) is 2.86. The first-order valence-electron chi connectivity index (χ1n) is 5.21. The second-order valence-corrected chi connectivity index (χ2v) is 4.64. The summed E-state index contributed by atoms with van der Waals surface area (Å²) in [4.78, 5) is 10.2. The van der Waals surface area contributed by atoms with Crippen LogP contribution in [0.4, 0.5) is 11.4 Å². The van der Waals surface area contributed by atoms with E-state index in [0.717, 1.165) is 11.3 Å². The molecule has 0 saturated carbocycles. The molecule has 2 rings (SSSR count). The van der Waals surface area contributed by atoms with Crippen LogP contribution in [0.1, 0.15) is 5.56 Å². The molecule has 0 spiro atoms. The van der Waals surface area contributed by atoms with Gasteiger partial charge < -0.3 is 5.32 Å². The van der Waals surface area contributed by atoms with E-state index in [4.69, 9.17) is 0 Å². The summed E-state index contributed by atoms with van der Waals surface area (Å²) in [7, 11) is 1.84. The van der Waals surface area contributed by atoms with Crippen LogP contribution in [0.3, 0.4) is 0 Å². The number of anilines is 1. The number of nitro groups is 1. The van der Waals surface area contributed by atoms with Crippen molar-refractivity contribution < 1.29 is 4.92 Å². The van der Waals surface area contributed by atoms with Crippen LogP contribution >= 0.6 is 15.9 Å². The van der Waals surface area contributed by atoms with Gasteiger partial charge in [0, 0.05) is 36.4 Å². The second kappa shape index (κ2) is 5.18. The molecular formula is C11H11BrN4O2. The number of nitrogens with one attached hydrogen (secondary N) is 1. The Morgan fingerprint density at radius 2 is 2.33 bits per heavy atom.